The summed E-state index contributed by atoms with van der Waals surface area (Å²) < 4.78 is 23.3. The fourth-order valence-electron chi connectivity index (χ4n) is 3.84. The molecular formula is C29H40O8S2. The Labute approximate surface area is 241 Å². The molecule has 2 aromatic carbocycles. The summed E-state index contributed by atoms with van der Waals surface area (Å²) in [6.45, 7) is 10.5. The van der Waals surface area contributed by atoms with E-state index in [0.717, 1.165) is 0 Å². The van der Waals surface area contributed by atoms with Crippen LogP contribution < -0.4 is 18.9 Å². The molecule has 4 unspecified atom stereocenters. The topological polar surface area (TPSA) is 112 Å². The second-order valence-corrected chi connectivity index (χ2v) is 12.0. The molecule has 0 amide bonds. The molecule has 216 valence electrons. The monoisotopic (exact) mass is 580 g/mol. The van der Waals surface area contributed by atoms with Crippen LogP contribution in [0.1, 0.15) is 65.5 Å². The van der Waals surface area contributed by atoms with Crippen molar-refractivity contribution in [2.24, 2.45) is 0 Å². The van der Waals surface area contributed by atoms with Gasteiger partial charge in [-0.3, -0.25) is 9.59 Å². The van der Waals surface area contributed by atoms with E-state index in [9.17, 15) is 19.8 Å². The number of para-hydroxylation sites is 2. The lowest BCUT2D eigenvalue weighted by molar-refractivity contribution is -0.135. The molecule has 0 aliphatic rings. The van der Waals surface area contributed by atoms with Crippen molar-refractivity contribution < 1.29 is 38.7 Å². The van der Waals surface area contributed by atoms with Gasteiger partial charge in [0.15, 0.2) is 23.0 Å². The van der Waals surface area contributed by atoms with Gasteiger partial charge in [-0.05, 0) is 26.0 Å². The number of thiol groups is 2. The summed E-state index contributed by atoms with van der Waals surface area (Å²) in [5.41, 5.74) is 0.434. The number of aliphatic hydroxyl groups excluding tert-OH is 2. The van der Waals surface area contributed by atoms with E-state index >= 15 is 0 Å². The van der Waals surface area contributed by atoms with Crippen molar-refractivity contribution in [1.29, 1.82) is 0 Å². The minimum atomic E-state index is -0.847. The van der Waals surface area contributed by atoms with Crippen molar-refractivity contribution in [3.8, 4) is 23.0 Å². The van der Waals surface area contributed by atoms with Crippen LogP contribution in [0, 0.1) is 0 Å². The van der Waals surface area contributed by atoms with Gasteiger partial charge in [-0.25, -0.2) is 0 Å². The molecule has 0 saturated carbocycles. The van der Waals surface area contributed by atoms with Gasteiger partial charge < -0.3 is 29.2 Å². The number of carbonyl (C=O) groups excluding carboxylic acids is 2. The Morgan fingerprint density at radius 2 is 1.10 bits per heavy atom. The van der Waals surface area contributed by atoms with Gasteiger partial charge in [-0.15, -0.1) is 0 Å². The van der Waals surface area contributed by atoms with E-state index in [2.05, 4.69) is 25.3 Å². The van der Waals surface area contributed by atoms with Crippen molar-refractivity contribution in [2.45, 2.75) is 82.5 Å². The molecule has 2 N–H and O–H groups in total. The number of aliphatic hydroxyl groups is 2. The number of benzene rings is 2. The zero-order chi connectivity index (χ0) is 29.3. The number of rotatable bonds is 14. The zero-order valence-corrected chi connectivity index (χ0v) is 25.1. The first-order chi connectivity index (χ1) is 18.2. The Hall–Kier alpha value is -2.40. The first-order valence-electron chi connectivity index (χ1n) is 12.9. The van der Waals surface area contributed by atoms with Gasteiger partial charge in [-0.2, -0.15) is 25.3 Å². The molecule has 39 heavy (non-hydrogen) atoms. The molecule has 2 aromatic rings. The summed E-state index contributed by atoms with van der Waals surface area (Å²) >= 11 is 8.54. The van der Waals surface area contributed by atoms with Crippen molar-refractivity contribution in [3.63, 3.8) is 0 Å². The standard InChI is InChI=1S/C29H40O8S2/c1-17(30)15-34-27-21(9-7-11-23(27)36-25(32)13-19(3)38)29(5,6)22-10-8-12-24(28(22)35-16-18(2)31)37-26(33)14-20(4)39/h7-12,17-20,30-31,38-39H,13-16H2,1-6H3. The molecule has 0 aromatic heterocycles. The Balaban J connectivity index is 2.66. The lowest BCUT2D eigenvalue weighted by Gasteiger charge is -2.31. The summed E-state index contributed by atoms with van der Waals surface area (Å²) in [4.78, 5) is 25.0. The number of hydrogen-bond acceptors (Lipinski definition) is 10. The summed E-state index contributed by atoms with van der Waals surface area (Å²) in [5.74, 6) is 0.0481. The maximum Gasteiger partial charge on any atom is 0.312 e. The van der Waals surface area contributed by atoms with Gasteiger partial charge in [-0.1, -0.05) is 52.0 Å². The van der Waals surface area contributed by atoms with Gasteiger partial charge in [0.25, 0.3) is 0 Å². The minimum Gasteiger partial charge on any atom is -0.487 e. The normalized spacial score (nSPS) is 14.6. The highest BCUT2D eigenvalue weighted by Crippen LogP contribution is 2.47. The molecule has 0 aliphatic carbocycles. The summed E-state index contributed by atoms with van der Waals surface area (Å²) in [5, 5.41) is 19.5. The van der Waals surface area contributed by atoms with Crippen molar-refractivity contribution in [2.75, 3.05) is 13.2 Å². The number of ether oxygens (including phenoxy) is 4. The van der Waals surface area contributed by atoms with Crippen LogP contribution in [0.5, 0.6) is 23.0 Å². The van der Waals surface area contributed by atoms with Crippen LogP contribution in [0.2, 0.25) is 0 Å². The molecular weight excluding hydrogens is 540 g/mol. The minimum absolute atomic E-state index is 0.0361. The SMILES string of the molecule is CC(O)COc1c(OC(=O)CC(C)S)cccc1C(C)(C)c1cccc(OC(=O)CC(C)S)c1OCC(C)O. The van der Waals surface area contributed by atoms with Gasteiger partial charge in [0.05, 0.1) is 25.0 Å². The Morgan fingerprint density at radius 3 is 1.41 bits per heavy atom. The smallest absolute Gasteiger partial charge is 0.312 e. The Morgan fingerprint density at radius 1 is 0.744 bits per heavy atom. The predicted octanol–water partition coefficient (Wildman–Crippen LogP) is 4.76. The van der Waals surface area contributed by atoms with Gasteiger partial charge in [0, 0.05) is 27.0 Å². The van der Waals surface area contributed by atoms with Crippen LogP contribution in [0.3, 0.4) is 0 Å². The lowest BCUT2D eigenvalue weighted by atomic mass is 9.77. The van der Waals surface area contributed by atoms with Crippen LogP contribution in [-0.2, 0) is 15.0 Å². The van der Waals surface area contributed by atoms with Crippen molar-refractivity contribution in [3.05, 3.63) is 47.5 Å². The fourth-order valence-corrected chi connectivity index (χ4v) is 4.14. The molecule has 0 saturated heterocycles. The fraction of sp³-hybridized carbons (Fsp3) is 0.517. The molecule has 0 spiro atoms. The van der Waals surface area contributed by atoms with E-state index in [1.807, 2.05) is 26.0 Å². The third-order valence-corrected chi connectivity index (χ3v) is 5.98. The third kappa shape index (κ3) is 9.94. The van der Waals surface area contributed by atoms with E-state index in [4.69, 9.17) is 18.9 Å². The largest absolute Gasteiger partial charge is 0.487 e. The van der Waals surface area contributed by atoms with Crippen LogP contribution in [0.15, 0.2) is 36.4 Å². The van der Waals surface area contributed by atoms with E-state index in [1.54, 1.807) is 52.0 Å². The van der Waals surface area contributed by atoms with Crippen LogP contribution >= 0.6 is 25.3 Å². The predicted molar refractivity (Wildman–Crippen MR) is 157 cm³/mol. The van der Waals surface area contributed by atoms with Gasteiger partial charge in [0.1, 0.15) is 13.2 Å². The average molecular weight is 581 g/mol. The molecule has 8 nitrogen and oxygen atoms in total. The second-order valence-electron chi connectivity index (χ2n) is 10.3. The number of carbonyl (C=O) groups is 2. The highest BCUT2D eigenvalue weighted by Gasteiger charge is 2.34. The molecule has 0 aliphatic heterocycles. The first-order valence-corrected chi connectivity index (χ1v) is 13.9. The second kappa shape index (κ2) is 14.8. The van der Waals surface area contributed by atoms with E-state index < -0.39 is 29.6 Å². The van der Waals surface area contributed by atoms with Crippen LogP contribution in [0.4, 0.5) is 0 Å². The van der Waals surface area contributed by atoms with Gasteiger partial charge >= 0.3 is 11.9 Å². The van der Waals surface area contributed by atoms with Crippen LogP contribution in [0.25, 0.3) is 0 Å². The van der Waals surface area contributed by atoms with E-state index in [1.165, 1.54) is 0 Å². The number of esters is 2. The Kier molecular flexibility index (Phi) is 12.5. The molecule has 10 heteroatoms. The quantitative estimate of drug-likeness (QED) is 0.144. The van der Waals surface area contributed by atoms with Crippen LogP contribution in [-0.4, -0.2) is 58.1 Å². The van der Waals surface area contributed by atoms with Crippen molar-refractivity contribution in [1.82, 2.24) is 0 Å². The summed E-state index contributed by atoms with van der Waals surface area (Å²) in [7, 11) is 0. The molecule has 0 heterocycles. The first kappa shape index (κ1) is 32.8. The van der Waals surface area contributed by atoms with E-state index in [-0.39, 0.29) is 59.6 Å². The highest BCUT2D eigenvalue weighted by atomic mass is 32.1. The highest BCUT2D eigenvalue weighted by molar-refractivity contribution is 7.81. The molecule has 0 fully saturated rings. The lowest BCUT2D eigenvalue weighted by Crippen LogP contribution is -2.25. The Bertz CT molecular complexity index is 1030. The zero-order valence-electron chi connectivity index (χ0n) is 23.3. The number of hydrogen-bond donors (Lipinski definition) is 4. The van der Waals surface area contributed by atoms with Gasteiger partial charge in [0.2, 0.25) is 0 Å². The summed E-state index contributed by atoms with van der Waals surface area (Å²) in [6, 6.07) is 10.4. The maximum absolute atomic E-state index is 12.5. The van der Waals surface area contributed by atoms with Crippen molar-refractivity contribution >= 4 is 37.2 Å². The summed E-state index contributed by atoms with van der Waals surface area (Å²) in [6.07, 6.45) is -1.35. The molecule has 4 atom stereocenters. The maximum atomic E-state index is 12.5. The van der Waals surface area contributed by atoms with E-state index in [0.29, 0.717) is 11.1 Å². The molecule has 0 bridgehead atoms. The average Bonchev–Trinajstić information content (AvgIpc) is 2.80. The molecule has 2 rings (SSSR count). The molecule has 0 radical (unpaired) electrons. The third-order valence-electron chi connectivity index (χ3n) is 5.61.